The van der Waals surface area contributed by atoms with Crippen molar-refractivity contribution in [3.05, 3.63) is 182 Å². The molecular formula is C50H30. The van der Waals surface area contributed by atoms with E-state index in [4.69, 9.17) is 0 Å². The number of hydrogen-bond acceptors (Lipinski definition) is 0. The van der Waals surface area contributed by atoms with Crippen LogP contribution >= 0.6 is 0 Å². The molecule has 0 aliphatic heterocycles. The Hall–Kier alpha value is -6.50. The molecule has 0 spiro atoms. The second kappa shape index (κ2) is 10.5. The Kier molecular flexibility index (Phi) is 5.76. The molecule has 0 amide bonds. The van der Waals surface area contributed by atoms with Crippen molar-refractivity contribution < 1.29 is 0 Å². The normalized spacial score (nSPS) is 12.0. The van der Waals surface area contributed by atoms with Crippen LogP contribution in [0.4, 0.5) is 0 Å². The molecule has 0 saturated heterocycles. The van der Waals surface area contributed by atoms with Gasteiger partial charge < -0.3 is 0 Å². The molecule has 0 N–H and O–H groups in total. The van der Waals surface area contributed by atoms with E-state index in [-0.39, 0.29) is 0 Å². The molecule has 0 radical (unpaired) electrons. The van der Waals surface area contributed by atoms with E-state index in [1.807, 2.05) is 0 Å². The lowest BCUT2D eigenvalue weighted by Gasteiger charge is -2.14. The minimum absolute atomic E-state index is 1.23. The van der Waals surface area contributed by atoms with E-state index in [1.165, 1.54) is 109 Å². The Balaban J connectivity index is 1.02. The summed E-state index contributed by atoms with van der Waals surface area (Å²) < 4.78 is 0. The number of fused-ring (bicyclic) bond motifs is 8. The van der Waals surface area contributed by atoms with Crippen LogP contribution in [-0.2, 0) is 0 Å². The molecule has 0 nitrogen and oxygen atoms in total. The number of hydrogen-bond donors (Lipinski definition) is 0. The molecule has 0 atom stereocenters. The van der Waals surface area contributed by atoms with Crippen LogP contribution in [0, 0.1) is 0 Å². The van der Waals surface area contributed by atoms with Gasteiger partial charge in [-0.3, -0.25) is 0 Å². The summed E-state index contributed by atoms with van der Waals surface area (Å²) in [4.78, 5) is 0. The van der Waals surface area contributed by atoms with Crippen molar-refractivity contribution in [2.24, 2.45) is 0 Å². The molecule has 0 fully saturated rings. The average molecular weight is 631 g/mol. The Morgan fingerprint density at radius 1 is 0.200 bits per heavy atom. The van der Waals surface area contributed by atoms with E-state index in [9.17, 15) is 0 Å². The first-order valence-corrected chi connectivity index (χ1v) is 17.4. The van der Waals surface area contributed by atoms with E-state index in [0.717, 1.165) is 0 Å². The Labute approximate surface area is 290 Å². The van der Waals surface area contributed by atoms with Crippen LogP contribution in [0.5, 0.6) is 0 Å². The molecule has 0 heterocycles. The lowest BCUT2D eigenvalue weighted by Crippen LogP contribution is -1.87. The van der Waals surface area contributed by atoms with Gasteiger partial charge >= 0.3 is 0 Å². The van der Waals surface area contributed by atoms with Crippen LogP contribution < -0.4 is 0 Å². The minimum Gasteiger partial charge on any atom is -0.0616 e. The van der Waals surface area contributed by atoms with Gasteiger partial charge in [-0.2, -0.15) is 0 Å². The van der Waals surface area contributed by atoms with Crippen LogP contribution in [0.2, 0.25) is 0 Å². The molecule has 10 aromatic rings. The van der Waals surface area contributed by atoms with Crippen LogP contribution in [0.25, 0.3) is 109 Å². The smallest absolute Gasteiger partial charge is 0.00201 e. The third-order valence-corrected chi connectivity index (χ3v) is 11.0. The monoisotopic (exact) mass is 630 g/mol. The van der Waals surface area contributed by atoms with Crippen molar-refractivity contribution >= 4 is 53.9 Å². The first-order valence-electron chi connectivity index (χ1n) is 17.4. The Bertz CT molecular complexity index is 3000. The highest BCUT2D eigenvalue weighted by atomic mass is 14.2. The summed E-state index contributed by atoms with van der Waals surface area (Å²) in [5, 5.41) is 12.9. The third kappa shape index (κ3) is 4.00. The summed E-state index contributed by atoms with van der Waals surface area (Å²) in [6.07, 6.45) is 0. The molecule has 50 heavy (non-hydrogen) atoms. The largest absolute Gasteiger partial charge is 0.0616 e. The maximum Gasteiger partial charge on any atom is -0.00201 e. The van der Waals surface area contributed by atoms with E-state index < -0.39 is 0 Å². The number of benzene rings is 10. The predicted octanol–water partition coefficient (Wildman–Crippen LogP) is 14.1. The Morgan fingerprint density at radius 3 is 1.60 bits per heavy atom. The molecule has 230 valence electrons. The van der Waals surface area contributed by atoms with Gasteiger partial charge in [-0.15, -0.1) is 0 Å². The molecule has 0 saturated carbocycles. The average Bonchev–Trinajstić information content (AvgIpc) is 3.51. The van der Waals surface area contributed by atoms with Crippen LogP contribution in [-0.4, -0.2) is 0 Å². The number of rotatable bonds is 3. The molecule has 11 rings (SSSR count). The topological polar surface area (TPSA) is 0 Å². The van der Waals surface area contributed by atoms with E-state index in [2.05, 4.69) is 182 Å². The first-order chi connectivity index (χ1) is 24.8. The highest BCUT2D eigenvalue weighted by Crippen LogP contribution is 2.49. The van der Waals surface area contributed by atoms with Crippen molar-refractivity contribution in [1.29, 1.82) is 0 Å². The summed E-state index contributed by atoms with van der Waals surface area (Å²) in [7, 11) is 0. The standard InChI is InChI=1S/C50H30/c1-2-11-38-35(9-1)30-49(45-15-6-3-12-41(38)45)42-16-7-10-34-27-33(23-24-39(34)42)32-21-19-31-20-22-36(29-37(31)28-32)40-25-26-48-44-14-5-4-13-43(44)47-18-8-17-46(40)50(47)48/h1-30H. The van der Waals surface area contributed by atoms with Crippen LogP contribution in [0.3, 0.4) is 0 Å². The van der Waals surface area contributed by atoms with E-state index in [0.29, 0.717) is 0 Å². The van der Waals surface area contributed by atoms with Crippen molar-refractivity contribution in [2.75, 3.05) is 0 Å². The van der Waals surface area contributed by atoms with Crippen molar-refractivity contribution in [3.8, 4) is 55.6 Å². The zero-order valence-corrected chi connectivity index (χ0v) is 27.3. The van der Waals surface area contributed by atoms with Gasteiger partial charge in [-0.1, -0.05) is 158 Å². The van der Waals surface area contributed by atoms with Crippen LogP contribution in [0.15, 0.2) is 182 Å². The summed E-state index contributed by atoms with van der Waals surface area (Å²) in [5.74, 6) is 0. The predicted molar refractivity (Wildman–Crippen MR) is 215 cm³/mol. The van der Waals surface area contributed by atoms with Gasteiger partial charge in [0.15, 0.2) is 0 Å². The van der Waals surface area contributed by atoms with E-state index >= 15 is 0 Å². The fraction of sp³-hybridized carbons (Fsp3) is 0. The van der Waals surface area contributed by atoms with Gasteiger partial charge in [0.2, 0.25) is 0 Å². The zero-order chi connectivity index (χ0) is 32.8. The Morgan fingerprint density at radius 2 is 0.740 bits per heavy atom. The quantitative estimate of drug-likeness (QED) is 0.170. The molecule has 0 unspecified atom stereocenters. The molecular weight excluding hydrogens is 601 g/mol. The lowest BCUT2D eigenvalue weighted by molar-refractivity contribution is 1.65. The van der Waals surface area contributed by atoms with Crippen molar-refractivity contribution in [2.45, 2.75) is 0 Å². The molecule has 0 bridgehead atoms. The highest BCUT2D eigenvalue weighted by Gasteiger charge is 2.22. The summed E-state index contributed by atoms with van der Waals surface area (Å²) in [6.45, 7) is 0. The van der Waals surface area contributed by atoms with Gasteiger partial charge in [0.25, 0.3) is 0 Å². The molecule has 1 aliphatic rings. The fourth-order valence-electron chi connectivity index (χ4n) is 8.63. The van der Waals surface area contributed by atoms with Crippen molar-refractivity contribution in [1.82, 2.24) is 0 Å². The molecule has 0 aromatic heterocycles. The summed E-state index contributed by atoms with van der Waals surface area (Å²) in [5.41, 5.74) is 12.9. The van der Waals surface area contributed by atoms with Gasteiger partial charge in [0.05, 0.1) is 0 Å². The van der Waals surface area contributed by atoms with Gasteiger partial charge in [-0.25, -0.2) is 0 Å². The molecule has 1 aliphatic carbocycles. The summed E-state index contributed by atoms with van der Waals surface area (Å²) >= 11 is 0. The molecule has 0 heteroatoms. The second-order valence-electron chi connectivity index (χ2n) is 13.6. The zero-order valence-electron chi connectivity index (χ0n) is 27.3. The van der Waals surface area contributed by atoms with E-state index in [1.54, 1.807) is 0 Å². The molecule has 10 aromatic carbocycles. The summed E-state index contributed by atoms with van der Waals surface area (Å²) in [6, 6.07) is 67.6. The minimum atomic E-state index is 1.23. The second-order valence-corrected chi connectivity index (χ2v) is 13.6. The highest BCUT2D eigenvalue weighted by molar-refractivity contribution is 6.19. The third-order valence-electron chi connectivity index (χ3n) is 11.0. The van der Waals surface area contributed by atoms with Crippen molar-refractivity contribution in [3.63, 3.8) is 0 Å². The van der Waals surface area contributed by atoms with Gasteiger partial charge in [-0.05, 0) is 134 Å². The maximum absolute atomic E-state index is 2.37. The first kappa shape index (κ1) is 27.5. The lowest BCUT2D eigenvalue weighted by atomic mass is 9.89. The SMILES string of the molecule is c1ccc2c(c1)-c1cccc3c(-c4ccc5ccc(-c6ccc7c(-c8cc9ccccc9c9ccccc89)cccc7c6)cc5c4)ccc-2c13. The maximum atomic E-state index is 2.37. The fourth-order valence-corrected chi connectivity index (χ4v) is 8.63. The van der Waals surface area contributed by atoms with Gasteiger partial charge in [0.1, 0.15) is 0 Å². The van der Waals surface area contributed by atoms with Gasteiger partial charge in [0, 0.05) is 0 Å². The van der Waals surface area contributed by atoms with Crippen LogP contribution in [0.1, 0.15) is 0 Å².